The van der Waals surface area contributed by atoms with Crippen LogP contribution >= 0.6 is 11.6 Å². The van der Waals surface area contributed by atoms with Gasteiger partial charge in [-0.2, -0.15) is 13.7 Å². The molecule has 1 aliphatic rings. The number of nitrogens with one attached hydrogen (secondary N) is 1. The molecule has 2 aromatic carbocycles. The molecule has 7 nitrogen and oxygen atoms in total. The second kappa shape index (κ2) is 10.3. The first-order valence-corrected chi connectivity index (χ1v) is 12.2. The van der Waals surface area contributed by atoms with E-state index in [0.29, 0.717) is 24.2 Å². The molecule has 1 N–H and O–H groups in total. The summed E-state index contributed by atoms with van der Waals surface area (Å²) in [5, 5.41) is 13.3. The topological polar surface area (TPSA) is 103 Å². The van der Waals surface area contributed by atoms with Crippen molar-refractivity contribution in [3.05, 3.63) is 75.5 Å². The first kappa shape index (κ1) is 22.7. The van der Waals surface area contributed by atoms with E-state index in [1.54, 1.807) is 30.3 Å². The van der Waals surface area contributed by atoms with E-state index >= 15 is 0 Å². The molecule has 0 spiro atoms. The Labute approximate surface area is 186 Å². The van der Waals surface area contributed by atoms with Gasteiger partial charge in [-0.25, -0.2) is 9.38 Å². The molecule has 1 atom stereocenters. The number of aliphatic imine (C=N–C) groups is 1. The second-order valence-corrected chi connectivity index (χ2v) is 10.2. The Morgan fingerprint density at radius 2 is 2.00 bits per heavy atom. The van der Waals surface area contributed by atoms with Crippen LogP contribution in [0.3, 0.4) is 0 Å². The number of halogens is 2. The Hall–Kier alpha value is -3.00. The third-order valence-corrected chi connectivity index (χ3v) is 7.24. The number of anilines is 1. The van der Waals surface area contributed by atoms with Crippen LogP contribution in [0.5, 0.6) is 0 Å². The molecule has 0 aliphatic carbocycles. The van der Waals surface area contributed by atoms with E-state index < -0.39 is 30.4 Å². The number of amides is 1. The summed E-state index contributed by atoms with van der Waals surface area (Å²) in [6, 6.07) is 13.1. The monoisotopic (exact) mass is 478 g/mol. The number of hydrogen-bond acceptors (Lipinski definition) is 6. The molecule has 31 heavy (non-hydrogen) atoms. The number of carbonyl (C=O) groups is 1. The van der Waals surface area contributed by atoms with Gasteiger partial charge in [0.2, 0.25) is 9.26 Å². The van der Waals surface area contributed by atoms with Gasteiger partial charge in [-0.1, -0.05) is 17.7 Å². The summed E-state index contributed by atoms with van der Waals surface area (Å²) in [5.74, 6) is -0.911. The minimum atomic E-state index is -2.34. The van der Waals surface area contributed by atoms with Crippen LogP contribution < -0.4 is 10.2 Å². The normalized spacial score (nSPS) is 14.6. The average Bonchev–Trinajstić information content (AvgIpc) is 3.25. The lowest BCUT2D eigenvalue weighted by atomic mass is 10.1. The quantitative estimate of drug-likeness (QED) is 0.659. The van der Waals surface area contributed by atoms with Crippen LogP contribution in [0, 0.1) is 17.1 Å². The molecule has 0 saturated carbocycles. The molecule has 1 unspecified atom stereocenters. The highest BCUT2D eigenvalue weighted by Gasteiger charge is 2.15. The van der Waals surface area contributed by atoms with Crippen molar-refractivity contribution in [2.24, 2.45) is 4.99 Å². The van der Waals surface area contributed by atoms with E-state index in [1.165, 1.54) is 23.1 Å². The number of carbonyl (C=O) groups excluding carboxylic acids is 1. The maximum Gasteiger partial charge on any atom is 0.270 e. The van der Waals surface area contributed by atoms with Crippen molar-refractivity contribution in [2.45, 2.75) is 6.54 Å². The molecule has 0 radical (unpaired) electrons. The molecular formula is C20H16ClFN4O3S2. The van der Waals surface area contributed by atoms with Gasteiger partial charge in [0, 0.05) is 45.2 Å². The van der Waals surface area contributed by atoms with Gasteiger partial charge in [0.25, 0.3) is 5.91 Å². The van der Waals surface area contributed by atoms with Gasteiger partial charge in [0.05, 0.1) is 17.2 Å². The highest BCUT2D eigenvalue weighted by Crippen LogP contribution is 2.23. The number of hydrogen-bond donors (Lipinski definition) is 1. The van der Waals surface area contributed by atoms with Crippen molar-refractivity contribution in [1.82, 2.24) is 5.32 Å². The Balaban J connectivity index is 1.73. The molecule has 0 aromatic heterocycles. The zero-order chi connectivity index (χ0) is 22.4. The standard InChI is InChI=1S/C20H16ClFN4O3S2/c21-18-9-16(22)4-3-15(18)11-26(17-5-1-14(10-23)2-6-17)8-7-24-20(27)19-12-30(13-25-19)31(28)29/h1-6,9,12-13H,7-8,11H2,(H,24,27). The lowest BCUT2D eigenvalue weighted by molar-refractivity contribution is -0.117. The van der Waals surface area contributed by atoms with Crippen molar-refractivity contribution in [3.63, 3.8) is 0 Å². The molecule has 1 heterocycles. The molecule has 2 aromatic rings. The molecule has 160 valence electrons. The summed E-state index contributed by atoms with van der Waals surface area (Å²) in [4.78, 5) is 18.0. The van der Waals surface area contributed by atoms with E-state index in [-0.39, 0.29) is 17.3 Å². The van der Waals surface area contributed by atoms with Crippen LogP contribution in [0.15, 0.2) is 58.6 Å². The lowest BCUT2D eigenvalue weighted by Gasteiger charge is -2.26. The molecule has 1 aliphatic heterocycles. The number of rotatable bonds is 7. The molecule has 0 bridgehead atoms. The fourth-order valence-electron chi connectivity index (χ4n) is 2.76. The van der Waals surface area contributed by atoms with Crippen molar-refractivity contribution < 1.29 is 17.6 Å². The van der Waals surface area contributed by atoms with E-state index in [4.69, 9.17) is 16.9 Å². The first-order valence-electron chi connectivity index (χ1n) is 8.92. The van der Waals surface area contributed by atoms with Crippen LogP contribution in [0.4, 0.5) is 10.1 Å². The van der Waals surface area contributed by atoms with Crippen LogP contribution in [0.25, 0.3) is 0 Å². The van der Waals surface area contributed by atoms with Crippen LogP contribution in [-0.2, 0) is 30.1 Å². The number of nitrogens with zero attached hydrogens (tertiary/aromatic N) is 3. The third kappa shape index (κ3) is 6.01. The van der Waals surface area contributed by atoms with Crippen LogP contribution in [-0.4, -0.2) is 33.0 Å². The maximum absolute atomic E-state index is 13.4. The van der Waals surface area contributed by atoms with Crippen molar-refractivity contribution >= 4 is 47.5 Å². The largest absolute Gasteiger partial charge is 0.365 e. The predicted octanol–water partition coefficient (Wildman–Crippen LogP) is 2.77. The molecule has 3 rings (SSSR count). The zero-order valence-electron chi connectivity index (χ0n) is 16.0. The molecule has 1 amide bonds. The lowest BCUT2D eigenvalue weighted by Crippen LogP contribution is -2.35. The minimum Gasteiger partial charge on any atom is -0.365 e. The summed E-state index contributed by atoms with van der Waals surface area (Å²) in [7, 11) is -3.53. The SMILES string of the molecule is N#Cc1ccc(N(CCNC(=O)C2=CS(=S(=O)=O)C=N2)Cc2ccc(F)cc2Cl)cc1. The fourth-order valence-corrected chi connectivity index (χ4v) is 4.65. The van der Waals surface area contributed by atoms with Crippen LogP contribution in [0.2, 0.25) is 5.02 Å². The predicted molar refractivity (Wildman–Crippen MR) is 119 cm³/mol. The summed E-state index contributed by atoms with van der Waals surface area (Å²) in [6.45, 7) is 0.959. The van der Waals surface area contributed by atoms with E-state index in [0.717, 1.165) is 5.69 Å². The van der Waals surface area contributed by atoms with Gasteiger partial charge in [-0.3, -0.25) is 4.79 Å². The molecule has 11 heteroatoms. The smallest absolute Gasteiger partial charge is 0.270 e. The zero-order valence-corrected chi connectivity index (χ0v) is 18.3. The fraction of sp³-hybridized carbons (Fsp3) is 0.150. The highest BCUT2D eigenvalue weighted by atomic mass is 35.5. The molecule has 0 saturated heterocycles. The second-order valence-electron chi connectivity index (χ2n) is 6.34. The number of nitriles is 1. The highest BCUT2D eigenvalue weighted by molar-refractivity contribution is 8.42. The Kier molecular flexibility index (Phi) is 7.57. The summed E-state index contributed by atoms with van der Waals surface area (Å²) in [5.41, 5.74) is 3.27. The van der Waals surface area contributed by atoms with E-state index in [9.17, 15) is 17.6 Å². The van der Waals surface area contributed by atoms with Crippen LogP contribution in [0.1, 0.15) is 11.1 Å². The van der Waals surface area contributed by atoms with Crippen molar-refractivity contribution in [3.8, 4) is 6.07 Å². The van der Waals surface area contributed by atoms with Gasteiger partial charge < -0.3 is 10.2 Å². The molecular weight excluding hydrogens is 463 g/mol. The minimum absolute atomic E-state index is 0.0547. The summed E-state index contributed by atoms with van der Waals surface area (Å²) < 4.78 is 35.3. The van der Waals surface area contributed by atoms with E-state index in [2.05, 4.69) is 16.4 Å². The summed E-state index contributed by atoms with van der Waals surface area (Å²) >= 11 is 6.17. The third-order valence-electron chi connectivity index (χ3n) is 4.32. The van der Waals surface area contributed by atoms with Crippen molar-refractivity contribution in [2.75, 3.05) is 18.0 Å². The first-order chi connectivity index (χ1) is 14.9. The number of benzene rings is 2. The maximum atomic E-state index is 13.4. The van der Waals surface area contributed by atoms with Crippen molar-refractivity contribution in [1.29, 1.82) is 5.26 Å². The van der Waals surface area contributed by atoms with Gasteiger partial charge in [-0.05, 0) is 42.0 Å². The Bertz CT molecular complexity index is 1240. The Morgan fingerprint density at radius 1 is 1.26 bits per heavy atom. The average molecular weight is 479 g/mol. The van der Waals surface area contributed by atoms with Gasteiger partial charge in [0.1, 0.15) is 11.5 Å². The van der Waals surface area contributed by atoms with Gasteiger partial charge in [-0.15, -0.1) is 0 Å². The van der Waals surface area contributed by atoms with Gasteiger partial charge in [0.15, 0.2) is 0 Å². The Morgan fingerprint density at radius 3 is 2.61 bits per heavy atom. The summed E-state index contributed by atoms with van der Waals surface area (Å²) in [6.07, 6.45) is 0. The molecule has 0 fully saturated rings. The van der Waals surface area contributed by atoms with Gasteiger partial charge >= 0.3 is 0 Å². The van der Waals surface area contributed by atoms with E-state index in [1.807, 2.05) is 4.90 Å².